The molecule has 1 atom stereocenters. The number of rotatable bonds is 7. The molecule has 0 saturated carbocycles. The van der Waals surface area contributed by atoms with Gasteiger partial charge in [0.05, 0.1) is 6.61 Å². The van der Waals surface area contributed by atoms with Crippen molar-refractivity contribution in [1.29, 1.82) is 0 Å². The monoisotopic (exact) mass is 205 g/mol. The van der Waals surface area contributed by atoms with E-state index >= 15 is 0 Å². The van der Waals surface area contributed by atoms with E-state index in [0.717, 1.165) is 31.9 Å². The van der Waals surface area contributed by atoms with Crippen molar-refractivity contribution in [2.24, 2.45) is 5.92 Å². The van der Waals surface area contributed by atoms with Crippen LogP contribution in [0.1, 0.15) is 13.3 Å². The lowest BCUT2D eigenvalue weighted by atomic mass is 10.1. The first kappa shape index (κ1) is 11.1. The smallest absolute Gasteiger partial charge is 0.0581 e. The number of ether oxygens (including phenoxy) is 1. The molecule has 0 amide bonds. The summed E-state index contributed by atoms with van der Waals surface area (Å²) in [6.45, 7) is 5.61. The Hall–Kier alpha value is 0.0700. The molecule has 1 aliphatic rings. The summed E-state index contributed by atoms with van der Waals surface area (Å²) in [5.74, 6) is 2.20. The molecule has 0 bridgehead atoms. The molecule has 0 aliphatic carbocycles. The minimum absolute atomic E-state index is 0.645. The molecule has 0 aromatic carbocycles. The predicted octanol–water partition coefficient (Wildman–Crippen LogP) is 0.381. The first-order valence-electron chi connectivity index (χ1n) is 4.96. The predicted molar refractivity (Wildman–Crippen MR) is 55.3 cm³/mol. The molecular weight excluding hydrogens is 186 g/mol. The summed E-state index contributed by atoms with van der Waals surface area (Å²) in [6.07, 6.45) is 1.04. The van der Waals surface area contributed by atoms with Crippen molar-refractivity contribution < 1.29 is 8.95 Å². The number of hydrogen-bond donors (Lipinski definition) is 1. The van der Waals surface area contributed by atoms with Gasteiger partial charge in [-0.25, -0.2) is 0 Å². The van der Waals surface area contributed by atoms with Gasteiger partial charge in [-0.15, -0.1) is 0 Å². The maximum atomic E-state index is 11.4. The van der Waals surface area contributed by atoms with E-state index in [1.54, 1.807) is 0 Å². The van der Waals surface area contributed by atoms with Crippen molar-refractivity contribution in [2.45, 2.75) is 13.3 Å². The largest absolute Gasteiger partial charge is 0.381 e. The molecule has 1 saturated heterocycles. The third kappa shape index (κ3) is 4.74. The molecule has 0 aromatic heterocycles. The first-order valence-corrected chi connectivity index (χ1v) is 6.45. The highest BCUT2D eigenvalue weighted by Gasteiger charge is 2.18. The van der Waals surface area contributed by atoms with Crippen LogP contribution >= 0.6 is 0 Å². The van der Waals surface area contributed by atoms with Crippen LogP contribution in [-0.4, -0.2) is 42.0 Å². The van der Waals surface area contributed by atoms with E-state index in [1.807, 2.05) is 0 Å². The summed E-state index contributed by atoms with van der Waals surface area (Å²) in [7, 11) is -0.667. The highest BCUT2D eigenvalue weighted by Crippen LogP contribution is 2.04. The Morgan fingerprint density at radius 3 is 2.77 bits per heavy atom. The Bertz CT molecular complexity index is 160. The molecular formula is C9H19NO2S. The average Bonchev–Trinajstić information content (AvgIpc) is 2.06. The number of hydrogen-bond acceptors (Lipinski definition) is 3. The Morgan fingerprint density at radius 2 is 2.23 bits per heavy atom. The van der Waals surface area contributed by atoms with Gasteiger partial charge in [0.25, 0.3) is 0 Å². The Balaban J connectivity index is 1.91. The lowest BCUT2D eigenvalue weighted by Crippen LogP contribution is -2.45. The van der Waals surface area contributed by atoms with Crippen molar-refractivity contribution in [1.82, 2.24) is 5.32 Å². The third-order valence-corrected chi connectivity index (χ3v) is 3.56. The van der Waals surface area contributed by atoms with Crippen molar-refractivity contribution in [3.05, 3.63) is 0 Å². The standard InChI is InChI=1S/C9H19NO2S/c1-2-3-12-4-5-13(11)8-9-6-10-7-9/h9-10H,2-8H2,1H3. The normalized spacial score (nSPS) is 19.8. The van der Waals surface area contributed by atoms with Crippen LogP contribution in [-0.2, 0) is 15.5 Å². The molecule has 0 radical (unpaired) electrons. The van der Waals surface area contributed by atoms with Crippen molar-refractivity contribution in [3.63, 3.8) is 0 Å². The molecule has 1 fully saturated rings. The quantitative estimate of drug-likeness (QED) is 0.611. The first-order chi connectivity index (χ1) is 6.33. The van der Waals surface area contributed by atoms with Crippen LogP contribution in [0.15, 0.2) is 0 Å². The van der Waals surface area contributed by atoms with Crippen LogP contribution in [0.25, 0.3) is 0 Å². The van der Waals surface area contributed by atoms with Gasteiger partial charge in [0.2, 0.25) is 0 Å². The number of nitrogens with one attached hydrogen (secondary N) is 1. The molecule has 78 valence electrons. The average molecular weight is 205 g/mol. The minimum Gasteiger partial charge on any atom is -0.381 e. The van der Waals surface area contributed by atoms with Crippen LogP contribution in [0, 0.1) is 5.92 Å². The molecule has 4 heteroatoms. The highest BCUT2D eigenvalue weighted by atomic mass is 32.2. The van der Waals surface area contributed by atoms with Crippen molar-refractivity contribution in [2.75, 3.05) is 37.8 Å². The zero-order chi connectivity index (χ0) is 9.52. The minimum atomic E-state index is -0.667. The molecule has 1 aliphatic heterocycles. The second kappa shape index (κ2) is 6.51. The molecule has 1 N–H and O–H groups in total. The maximum Gasteiger partial charge on any atom is 0.0581 e. The summed E-state index contributed by atoms with van der Waals surface area (Å²) in [4.78, 5) is 0. The van der Waals surface area contributed by atoms with E-state index in [4.69, 9.17) is 4.74 Å². The fourth-order valence-corrected chi connectivity index (χ4v) is 2.44. The Morgan fingerprint density at radius 1 is 1.46 bits per heavy atom. The summed E-state index contributed by atoms with van der Waals surface area (Å²) >= 11 is 0. The molecule has 0 spiro atoms. The van der Waals surface area contributed by atoms with Crippen LogP contribution in [0.4, 0.5) is 0 Å². The van der Waals surface area contributed by atoms with E-state index in [1.165, 1.54) is 0 Å². The van der Waals surface area contributed by atoms with Gasteiger partial charge in [-0.1, -0.05) is 6.92 Å². The zero-order valence-corrected chi connectivity index (χ0v) is 9.07. The molecule has 3 nitrogen and oxygen atoms in total. The lowest BCUT2D eigenvalue weighted by molar-refractivity contribution is 0.150. The fourth-order valence-electron chi connectivity index (χ4n) is 1.21. The highest BCUT2D eigenvalue weighted by molar-refractivity contribution is 7.85. The van der Waals surface area contributed by atoms with Gasteiger partial charge in [-0.05, 0) is 12.3 Å². The van der Waals surface area contributed by atoms with E-state index < -0.39 is 10.8 Å². The topological polar surface area (TPSA) is 38.3 Å². The van der Waals surface area contributed by atoms with Crippen molar-refractivity contribution in [3.8, 4) is 0 Å². The van der Waals surface area contributed by atoms with Gasteiger partial charge in [-0.3, -0.25) is 4.21 Å². The van der Waals surface area contributed by atoms with E-state index in [0.29, 0.717) is 18.3 Å². The summed E-state index contributed by atoms with van der Waals surface area (Å²) in [5, 5.41) is 3.18. The van der Waals surface area contributed by atoms with Crippen LogP contribution < -0.4 is 5.32 Å². The molecule has 1 unspecified atom stereocenters. The van der Waals surface area contributed by atoms with E-state index in [9.17, 15) is 4.21 Å². The lowest BCUT2D eigenvalue weighted by Gasteiger charge is -2.26. The van der Waals surface area contributed by atoms with Crippen molar-refractivity contribution >= 4 is 10.8 Å². The van der Waals surface area contributed by atoms with Crippen LogP contribution in [0.5, 0.6) is 0 Å². The van der Waals surface area contributed by atoms with Gasteiger partial charge < -0.3 is 10.1 Å². The third-order valence-electron chi connectivity index (χ3n) is 2.09. The van der Waals surface area contributed by atoms with E-state index in [2.05, 4.69) is 12.2 Å². The molecule has 13 heavy (non-hydrogen) atoms. The summed E-state index contributed by atoms with van der Waals surface area (Å²) in [6, 6.07) is 0. The maximum absolute atomic E-state index is 11.4. The van der Waals surface area contributed by atoms with Gasteiger partial charge in [0, 0.05) is 42.0 Å². The van der Waals surface area contributed by atoms with Gasteiger partial charge in [-0.2, -0.15) is 0 Å². The second-order valence-corrected chi connectivity index (χ2v) is 5.07. The molecule has 0 aromatic rings. The Labute approximate surface area is 82.7 Å². The SMILES string of the molecule is CCCOCCS(=O)CC1CNC1. The zero-order valence-electron chi connectivity index (χ0n) is 8.25. The Kier molecular flexibility index (Phi) is 5.58. The molecule has 1 heterocycles. The second-order valence-electron chi connectivity index (χ2n) is 3.45. The van der Waals surface area contributed by atoms with E-state index in [-0.39, 0.29) is 0 Å². The van der Waals surface area contributed by atoms with Crippen LogP contribution in [0.2, 0.25) is 0 Å². The van der Waals surface area contributed by atoms with Gasteiger partial charge >= 0.3 is 0 Å². The summed E-state index contributed by atoms with van der Waals surface area (Å²) < 4.78 is 16.7. The van der Waals surface area contributed by atoms with Gasteiger partial charge in [0.1, 0.15) is 0 Å². The summed E-state index contributed by atoms with van der Waals surface area (Å²) in [5.41, 5.74) is 0. The molecule has 1 rings (SSSR count). The fraction of sp³-hybridized carbons (Fsp3) is 1.00. The van der Waals surface area contributed by atoms with Gasteiger partial charge in [0.15, 0.2) is 0 Å². The van der Waals surface area contributed by atoms with Crippen LogP contribution in [0.3, 0.4) is 0 Å².